The molecule has 1 atom stereocenters. The third-order valence-corrected chi connectivity index (χ3v) is 1.77. The first-order valence-electron chi connectivity index (χ1n) is 4.09. The van der Waals surface area contributed by atoms with Crippen LogP contribution in [0.15, 0.2) is 18.2 Å². The summed E-state index contributed by atoms with van der Waals surface area (Å²) in [5.41, 5.74) is 6.42. The lowest BCUT2D eigenvalue weighted by Crippen LogP contribution is -2.22. The van der Waals surface area contributed by atoms with Crippen LogP contribution in [0, 0.1) is 5.95 Å². The predicted octanol–water partition coefficient (Wildman–Crippen LogP) is 1.92. The smallest absolute Gasteiger partial charge is 0.213 e. The highest BCUT2D eigenvalue weighted by Crippen LogP contribution is 2.02. The Hall–Kier alpha value is -0.670. The molecule has 0 saturated carbocycles. The Morgan fingerprint density at radius 3 is 2.77 bits per heavy atom. The van der Waals surface area contributed by atoms with Crippen LogP contribution in [0.4, 0.5) is 4.39 Å². The van der Waals surface area contributed by atoms with Crippen molar-refractivity contribution in [3.05, 3.63) is 29.8 Å². The van der Waals surface area contributed by atoms with Crippen LogP contribution in [0.2, 0.25) is 0 Å². The first-order chi connectivity index (χ1) is 5.72. The standard InChI is InChI=1S/C9H13FN2.ClH/c1-2-7(11)6-8-4-3-5-9(10)12-8;/h3-5,7H,2,6,11H2,1H3;1H. The summed E-state index contributed by atoms with van der Waals surface area (Å²) in [6.45, 7) is 2.00. The van der Waals surface area contributed by atoms with Gasteiger partial charge < -0.3 is 5.73 Å². The van der Waals surface area contributed by atoms with Crippen LogP contribution in [-0.4, -0.2) is 11.0 Å². The Morgan fingerprint density at radius 2 is 2.23 bits per heavy atom. The van der Waals surface area contributed by atoms with Crippen molar-refractivity contribution in [3.63, 3.8) is 0 Å². The topological polar surface area (TPSA) is 38.9 Å². The van der Waals surface area contributed by atoms with E-state index in [1.807, 2.05) is 6.92 Å². The van der Waals surface area contributed by atoms with Crippen molar-refractivity contribution in [1.29, 1.82) is 0 Å². The van der Waals surface area contributed by atoms with Gasteiger partial charge in [-0.25, -0.2) is 4.98 Å². The maximum atomic E-state index is 12.6. The van der Waals surface area contributed by atoms with Gasteiger partial charge in [-0.2, -0.15) is 4.39 Å². The number of halogens is 2. The van der Waals surface area contributed by atoms with Crippen molar-refractivity contribution >= 4 is 12.4 Å². The minimum absolute atomic E-state index is 0. The molecular formula is C9H14ClFN2. The highest BCUT2D eigenvalue weighted by molar-refractivity contribution is 5.85. The van der Waals surface area contributed by atoms with Crippen molar-refractivity contribution in [2.45, 2.75) is 25.8 Å². The van der Waals surface area contributed by atoms with Crippen LogP contribution in [0.3, 0.4) is 0 Å². The van der Waals surface area contributed by atoms with Crippen molar-refractivity contribution in [1.82, 2.24) is 4.98 Å². The minimum atomic E-state index is -0.434. The number of rotatable bonds is 3. The molecule has 0 aliphatic heterocycles. The zero-order valence-corrected chi connectivity index (χ0v) is 8.35. The molecule has 0 radical (unpaired) electrons. The maximum Gasteiger partial charge on any atom is 0.213 e. The molecule has 1 unspecified atom stereocenters. The fourth-order valence-electron chi connectivity index (χ4n) is 0.977. The van der Waals surface area contributed by atoms with Gasteiger partial charge in [-0.1, -0.05) is 13.0 Å². The van der Waals surface area contributed by atoms with Crippen LogP contribution >= 0.6 is 12.4 Å². The van der Waals surface area contributed by atoms with E-state index in [4.69, 9.17) is 5.73 Å². The second-order valence-electron chi connectivity index (χ2n) is 2.82. The molecular weight excluding hydrogens is 191 g/mol. The number of hydrogen-bond acceptors (Lipinski definition) is 2. The largest absolute Gasteiger partial charge is 0.327 e. The molecule has 74 valence electrons. The number of nitrogens with two attached hydrogens (primary N) is 1. The summed E-state index contributed by atoms with van der Waals surface area (Å²) in [6.07, 6.45) is 1.53. The molecule has 0 fully saturated rings. The fraction of sp³-hybridized carbons (Fsp3) is 0.444. The minimum Gasteiger partial charge on any atom is -0.327 e. The fourth-order valence-corrected chi connectivity index (χ4v) is 0.977. The highest BCUT2D eigenvalue weighted by atomic mass is 35.5. The quantitative estimate of drug-likeness (QED) is 0.765. The second kappa shape index (κ2) is 5.89. The van der Waals surface area contributed by atoms with Gasteiger partial charge in [0.15, 0.2) is 0 Å². The van der Waals surface area contributed by atoms with Crippen molar-refractivity contribution < 1.29 is 4.39 Å². The number of pyridine rings is 1. The lowest BCUT2D eigenvalue weighted by atomic mass is 10.1. The van der Waals surface area contributed by atoms with Gasteiger partial charge in [0.2, 0.25) is 5.95 Å². The number of hydrogen-bond donors (Lipinski definition) is 1. The summed E-state index contributed by atoms with van der Waals surface area (Å²) in [7, 11) is 0. The van der Waals surface area contributed by atoms with E-state index < -0.39 is 5.95 Å². The summed E-state index contributed by atoms with van der Waals surface area (Å²) in [6, 6.07) is 4.86. The van der Waals surface area contributed by atoms with E-state index in [1.165, 1.54) is 6.07 Å². The molecule has 2 N–H and O–H groups in total. The normalized spacial score (nSPS) is 11.9. The molecule has 1 rings (SSSR count). The third kappa shape index (κ3) is 4.20. The van der Waals surface area contributed by atoms with Gasteiger partial charge in [0.25, 0.3) is 0 Å². The molecule has 0 amide bonds. The molecule has 0 saturated heterocycles. The highest BCUT2D eigenvalue weighted by Gasteiger charge is 2.02. The summed E-state index contributed by atoms with van der Waals surface area (Å²) in [5, 5.41) is 0. The van der Waals surface area contributed by atoms with E-state index in [0.29, 0.717) is 6.42 Å². The van der Waals surface area contributed by atoms with Gasteiger partial charge in [0.05, 0.1) is 0 Å². The van der Waals surface area contributed by atoms with Crippen molar-refractivity contribution in [2.75, 3.05) is 0 Å². The van der Waals surface area contributed by atoms with Crippen LogP contribution in [0.1, 0.15) is 19.0 Å². The Balaban J connectivity index is 0.00000144. The Morgan fingerprint density at radius 1 is 1.54 bits per heavy atom. The van der Waals surface area contributed by atoms with Crippen LogP contribution in [0.25, 0.3) is 0 Å². The Bertz CT molecular complexity index is 255. The molecule has 0 aliphatic carbocycles. The SMILES string of the molecule is CCC(N)Cc1cccc(F)n1.Cl. The van der Waals surface area contributed by atoms with Crippen molar-refractivity contribution in [2.24, 2.45) is 5.73 Å². The Kier molecular flexibility index (Phi) is 5.58. The Labute approximate surface area is 83.8 Å². The first kappa shape index (κ1) is 12.3. The lowest BCUT2D eigenvalue weighted by molar-refractivity contribution is 0.564. The summed E-state index contributed by atoms with van der Waals surface area (Å²) in [4.78, 5) is 3.71. The average molecular weight is 205 g/mol. The van der Waals surface area contributed by atoms with E-state index in [9.17, 15) is 4.39 Å². The molecule has 0 aliphatic rings. The van der Waals surface area contributed by atoms with Crippen LogP contribution in [-0.2, 0) is 6.42 Å². The molecule has 1 aromatic heterocycles. The molecule has 0 spiro atoms. The third-order valence-electron chi connectivity index (χ3n) is 1.77. The zero-order chi connectivity index (χ0) is 8.97. The average Bonchev–Trinajstić information content (AvgIpc) is 2.04. The molecule has 13 heavy (non-hydrogen) atoms. The predicted molar refractivity (Wildman–Crippen MR) is 53.4 cm³/mol. The van der Waals surface area contributed by atoms with Crippen LogP contribution in [0.5, 0.6) is 0 Å². The van der Waals surface area contributed by atoms with E-state index in [1.54, 1.807) is 12.1 Å². The summed E-state index contributed by atoms with van der Waals surface area (Å²) < 4.78 is 12.6. The van der Waals surface area contributed by atoms with E-state index >= 15 is 0 Å². The molecule has 4 heteroatoms. The molecule has 0 aromatic carbocycles. The van der Waals surface area contributed by atoms with E-state index in [2.05, 4.69) is 4.98 Å². The molecule has 1 aromatic rings. The molecule has 0 bridgehead atoms. The molecule has 1 heterocycles. The monoisotopic (exact) mass is 204 g/mol. The van der Waals surface area contributed by atoms with Gasteiger partial charge >= 0.3 is 0 Å². The van der Waals surface area contributed by atoms with Crippen LogP contribution < -0.4 is 5.73 Å². The summed E-state index contributed by atoms with van der Waals surface area (Å²) >= 11 is 0. The van der Waals surface area contributed by atoms with Gasteiger partial charge in [0.1, 0.15) is 0 Å². The maximum absolute atomic E-state index is 12.6. The lowest BCUT2D eigenvalue weighted by Gasteiger charge is -2.06. The number of aromatic nitrogens is 1. The van der Waals surface area contributed by atoms with Gasteiger partial charge in [0, 0.05) is 18.2 Å². The van der Waals surface area contributed by atoms with E-state index in [0.717, 1.165) is 12.1 Å². The van der Waals surface area contributed by atoms with Gasteiger partial charge in [-0.3, -0.25) is 0 Å². The van der Waals surface area contributed by atoms with Gasteiger partial charge in [-0.15, -0.1) is 12.4 Å². The summed E-state index contributed by atoms with van der Waals surface area (Å²) in [5.74, 6) is -0.434. The molecule has 2 nitrogen and oxygen atoms in total. The number of nitrogens with zero attached hydrogens (tertiary/aromatic N) is 1. The van der Waals surface area contributed by atoms with E-state index in [-0.39, 0.29) is 18.4 Å². The van der Waals surface area contributed by atoms with Crippen molar-refractivity contribution in [3.8, 4) is 0 Å². The zero-order valence-electron chi connectivity index (χ0n) is 7.53. The van der Waals surface area contributed by atoms with Gasteiger partial charge in [-0.05, 0) is 18.6 Å². The second-order valence-corrected chi connectivity index (χ2v) is 2.82. The first-order valence-corrected chi connectivity index (χ1v) is 4.09.